The first-order valence-electron chi connectivity index (χ1n) is 16.0. The molecule has 0 spiro atoms. The van der Waals surface area contributed by atoms with Crippen molar-refractivity contribution in [3.63, 3.8) is 0 Å². The number of carboxylic acid groups (broad SMARTS) is 1. The van der Waals surface area contributed by atoms with Crippen LogP contribution in [0.1, 0.15) is 46.4 Å². The van der Waals surface area contributed by atoms with Crippen molar-refractivity contribution in [3.8, 4) is 22.5 Å². The summed E-state index contributed by atoms with van der Waals surface area (Å²) in [5.74, 6) is -2.82. The molecule has 0 atom stereocenters. The highest BCUT2D eigenvalue weighted by atomic mass is 16.5. The van der Waals surface area contributed by atoms with Crippen molar-refractivity contribution in [1.82, 2.24) is 14.8 Å². The quantitative estimate of drug-likeness (QED) is 0.0945. The zero-order chi connectivity index (χ0) is 35.0. The van der Waals surface area contributed by atoms with Crippen molar-refractivity contribution in [3.05, 3.63) is 83.2 Å². The van der Waals surface area contributed by atoms with Crippen molar-refractivity contribution in [1.29, 1.82) is 0 Å². The second kappa shape index (κ2) is 13.4. The molecule has 2 aromatic carbocycles. The van der Waals surface area contributed by atoms with E-state index in [-0.39, 0.29) is 29.0 Å². The van der Waals surface area contributed by atoms with Gasteiger partial charge in [-0.2, -0.15) is 0 Å². The van der Waals surface area contributed by atoms with Gasteiger partial charge in [-0.25, -0.2) is 9.37 Å². The van der Waals surface area contributed by atoms with Gasteiger partial charge in [0.2, 0.25) is 5.36 Å². The average molecular weight is 666 g/mol. The number of nitrogens with zero attached hydrogens (tertiary/aromatic N) is 3. The third kappa shape index (κ3) is 6.54. The molecule has 0 unspecified atom stereocenters. The van der Waals surface area contributed by atoms with E-state index in [1.165, 1.54) is 23.1 Å². The summed E-state index contributed by atoms with van der Waals surface area (Å²) >= 11 is 0. The number of ether oxygens (including phenoxy) is 1. The van der Waals surface area contributed by atoms with Crippen molar-refractivity contribution in [2.75, 3.05) is 39.8 Å². The van der Waals surface area contributed by atoms with Gasteiger partial charge in [-0.05, 0) is 61.6 Å². The van der Waals surface area contributed by atoms with Crippen molar-refractivity contribution < 1.29 is 38.2 Å². The first kappa shape index (κ1) is 33.1. The summed E-state index contributed by atoms with van der Waals surface area (Å²) in [6, 6.07) is 15.7. The summed E-state index contributed by atoms with van der Waals surface area (Å²) in [6.07, 6.45) is 4.37. The van der Waals surface area contributed by atoms with E-state index in [1.807, 2.05) is 74.1 Å². The van der Waals surface area contributed by atoms with Crippen LogP contribution in [-0.2, 0) is 19.1 Å². The van der Waals surface area contributed by atoms with Gasteiger partial charge < -0.3 is 24.5 Å². The first-order valence-corrected chi connectivity index (χ1v) is 16.0. The maximum atomic E-state index is 13.1. The number of carbonyl (C=O) groups excluding carboxylic acids is 4. The van der Waals surface area contributed by atoms with Gasteiger partial charge in [-0.3, -0.25) is 24.1 Å². The molecular weight excluding hydrogens is 628 g/mol. The predicted molar refractivity (Wildman–Crippen MR) is 182 cm³/mol. The van der Waals surface area contributed by atoms with E-state index in [4.69, 9.17) is 9.15 Å². The SMILES string of the molecule is CN(C)c1ccc2c(-c3ccc(C(=O)NCOC(=O)C4CCC(N5C(=O)C=CC5=O)CC4)cc3C(=O)O)c3ccc(=[N+](C)C)cc-3oc2c1. The topological polar surface area (TPSA) is 149 Å². The Morgan fingerprint density at radius 3 is 2.29 bits per heavy atom. The van der Waals surface area contributed by atoms with Gasteiger partial charge in [0.1, 0.15) is 25.4 Å². The molecule has 4 aliphatic rings. The fraction of sp³-hybridized carbons (Fsp3) is 0.297. The summed E-state index contributed by atoms with van der Waals surface area (Å²) in [4.78, 5) is 65.7. The molecule has 2 heterocycles. The lowest BCUT2D eigenvalue weighted by atomic mass is 9.85. The number of imide groups is 1. The lowest BCUT2D eigenvalue weighted by Gasteiger charge is -2.32. The minimum atomic E-state index is -1.21. The van der Waals surface area contributed by atoms with Crippen LogP contribution in [-0.4, -0.2) is 80.6 Å². The van der Waals surface area contributed by atoms with Gasteiger partial charge in [0, 0.05) is 72.2 Å². The van der Waals surface area contributed by atoms with Gasteiger partial charge >= 0.3 is 11.9 Å². The molecule has 2 aromatic rings. The number of carbonyl (C=O) groups is 5. The molecule has 0 radical (unpaired) electrons. The number of nitrogens with one attached hydrogen (secondary N) is 1. The monoisotopic (exact) mass is 665 g/mol. The van der Waals surface area contributed by atoms with Crippen molar-refractivity contribution in [2.45, 2.75) is 31.7 Å². The largest absolute Gasteiger partial charge is 0.478 e. The van der Waals surface area contributed by atoms with Crippen LogP contribution < -0.4 is 20.1 Å². The Morgan fingerprint density at radius 1 is 0.939 bits per heavy atom. The van der Waals surface area contributed by atoms with Crippen LogP contribution in [0.2, 0.25) is 0 Å². The highest BCUT2D eigenvalue weighted by Gasteiger charge is 2.36. The Bertz CT molecular complexity index is 2070. The van der Waals surface area contributed by atoms with E-state index < -0.39 is 30.5 Å². The standard InChI is InChI=1S/C37H36N4O8/c1-39(2)24-10-13-27-30(18-24)49-31-19-25(40(3)4)11-14-28(31)34(27)26-12-7-22(17-29(26)36(45)46)35(44)38-20-48-37(47)21-5-8-23(9-6-21)41-32(42)15-16-33(41)43/h7,10-19,21,23H,5-6,8-9,20H2,1-4H3,(H-,38,44,45,46)/p+1. The number of hydrogen-bond donors (Lipinski definition) is 2. The highest BCUT2D eigenvalue weighted by molar-refractivity contribution is 6.13. The molecule has 0 bridgehead atoms. The Balaban J connectivity index is 1.21. The number of rotatable bonds is 8. The maximum absolute atomic E-state index is 13.1. The van der Waals surface area contributed by atoms with Crippen LogP contribution in [0.15, 0.2) is 71.2 Å². The number of fused-ring (bicyclic) bond motifs is 2. The molecule has 2 aliphatic carbocycles. The fourth-order valence-electron chi connectivity index (χ4n) is 6.53. The molecule has 49 heavy (non-hydrogen) atoms. The maximum Gasteiger partial charge on any atom is 0.336 e. The summed E-state index contributed by atoms with van der Waals surface area (Å²) in [5.41, 5.74) is 3.30. The predicted octanol–water partition coefficient (Wildman–Crippen LogP) is 3.71. The molecule has 1 fully saturated rings. The number of carboxylic acids is 1. The number of esters is 1. The van der Waals surface area contributed by atoms with E-state index in [1.54, 1.807) is 12.1 Å². The Morgan fingerprint density at radius 2 is 1.63 bits per heavy atom. The molecular formula is C37H37N4O8+. The van der Waals surface area contributed by atoms with Crippen LogP contribution in [0, 0.1) is 5.92 Å². The third-order valence-corrected chi connectivity index (χ3v) is 9.19. The van der Waals surface area contributed by atoms with Gasteiger partial charge in [0.05, 0.1) is 17.5 Å². The highest BCUT2D eigenvalue weighted by Crippen LogP contribution is 2.42. The first-order chi connectivity index (χ1) is 23.4. The molecule has 6 rings (SSSR count). The van der Waals surface area contributed by atoms with Crippen LogP contribution in [0.25, 0.3) is 33.4 Å². The average Bonchev–Trinajstić information content (AvgIpc) is 3.43. The molecule has 2 N–H and O–H groups in total. The lowest BCUT2D eigenvalue weighted by Crippen LogP contribution is -2.43. The zero-order valence-electron chi connectivity index (χ0n) is 27.7. The second-order valence-corrected chi connectivity index (χ2v) is 12.7. The van der Waals surface area contributed by atoms with Crippen molar-refractivity contribution >= 4 is 46.3 Å². The third-order valence-electron chi connectivity index (χ3n) is 9.19. The zero-order valence-corrected chi connectivity index (χ0v) is 27.7. The summed E-state index contributed by atoms with van der Waals surface area (Å²) in [7, 11) is 7.70. The molecule has 0 aromatic heterocycles. The number of aromatic carboxylic acids is 1. The number of hydrogen-bond acceptors (Lipinski definition) is 8. The van der Waals surface area contributed by atoms with Gasteiger partial charge in [0.15, 0.2) is 6.73 Å². The molecule has 2 aliphatic heterocycles. The molecule has 1 saturated carbocycles. The normalized spacial score (nSPS) is 17.4. The molecule has 12 heteroatoms. The van der Waals surface area contributed by atoms with E-state index in [9.17, 15) is 29.1 Å². The number of anilines is 1. The van der Waals surface area contributed by atoms with Crippen LogP contribution in [0.5, 0.6) is 0 Å². The molecule has 3 amide bonds. The van der Waals surface area contributed by atoms with Gasteiger partial charge in [-0.15, -0.1) is 0 Å². The smallest absolute Gasteiger partial charge is 0.336 e. The van der Waals surface area contributed by atoms with Crippen LogP contribution in [0.4, 0.5) is 5.69 Å². The Hall–Kier alpha value is -5.78. The molecule has 0 saturated heterocycles. The number of benzene rings is 3. The minimum Gasteiger partial charge on any atom is -0.478 e. The second-order valence-electron chi connectivity index (χ2n) is 12.7. The molecule has 12 nitrogen and oxygen atoms in total. The molecule has 252 valence electrons. The number of amides is 3. The summed E-state index contributed by atoms with van der Waals surface area (Å²) in [6.45, 7) is -0.396. The Labute approximate surface area is 282 Å². The van der Waals surface area contributed by atoms with Crippen LogP contribution >= 0.6 is 0 Å². The van der Waals surface area contributed by atoms with Crippen molar-refractivity contribution in [2.24, 2.45) is 5.92 Å². The van der Waals surface area contributed by atoms with E-state index in [2.05, 4.69) is 5.32 Å². The van der Waals surface area contributed by atoms with E-state index in [0.717, 1.165) is 11.0 Å². The Kier molecular flexibility index (Phi) is 9.05. The fourth-order valence-corrected chi connectivity index (χ4v) is 6.53. The lowest BCUT2D eigenvalue weighted by molar-refractivity contribution is -0.150. The van der Waals surface area contributed by atoms with Gasteiger partial charge in [-0.1, -0.05) is 6.07 Å². The summed E-state index contributed by atoms with van der Waals surface area (Å²) in [5, 5.41) is 14.5. The van der Waals surface area contributed by atoms with Crippen LogP contribution in [0.3, 0.4) is 0 Å². The van der Waals surface area contributed by atoms with Gasteiger partial charge in [0.25, 0.3) is 17.7 Å². The van der Waals surface area contributed by atoms with E-state index in [0.29, 0.717) is 59.1 Å². The van der Waals surface area contributed by atoms with E-state index >= 15 is 0 Å². The summed E-state index contributed by atoms with van der Waals surface area (Å²) < 4.78 is 13.6. The minimum absolute atomic E-state index is 0.0752.